The van der Waals surface area contributed by atoms with E-state index in [1.807, 2.05) is 0 Å². The lowest BCUT2D eigenvalue weighted by atomic mass is 9.98. The molecule has 5 heteroatoms. The third-order valence-electron chi connectivity index (χ3n) is 2.94. The van der Waals surface area contributed by atoms with Crippen LogP contribution < -0.4 is 5.32 Å². The standard InChI is InChI=1S/C15H13FN2O2/c1-18-13-7-4-10(15(19)20)8-12(13)14(17)9-2-5-11(16)6-3-9/h2-8,17-18H,1H3,(H,19,20). The van der Waals surface area contributed by atoms with E-state index in [1.54, 1.807) is 13.1 Å². The lowest BCUT2D eigenvalue weighted by Gasteiger charge is -2.11. The maximum atomic E-state index is 12.9. The molecule has 0 radical (unpaired) electrons. The van der Waals surface area contributed by atoms with Crippen molar-refractivity contribution in [3.63, 3.8) is 0 Å². The molecule has 2 aromatic rings. The smallest absolute Gasteiger partial charge is 0.335 e. The Kier molecular flexibility index (Phi) is 3.79. The van der Waals surface area contributed by atoms with Crippen LogP contribution in [0.5, 0.6) is 0 Å². The Balaban J connectivity index is 2.49. The Labute approximate surface area is 115 Å². The van der Waals surface area contributed by atoms with Crippen molar-refractivity contribution in [3.8, 4) is 0 Å². The number of nitrogens with one attached hydrogen (secondary N) is 2. The van der Waals surface area contributed by atoms with Gasteiger partial charge in [0.15, 0.2) is 0 Å². The number of carboxylic acid groups (broad SMARTS) is 1. The van der Waals surface area contributed by atoms with Crippen molar-refractivity contribution in [2.75, 3.05) is 12.4 Å². The molecule has 2 rings (SSSR count). The quantitative estimate of drug-likeness (QED) is 0.749. The summed E-state index contributed by atoms with van der Waals surface area (Å²) in [4.78, 5) is 11.0. The van der Waals surface area contributed by atoms with Crippen LogP contribution in [0.1, 0.15) is 21.5 Å². The summed E-state index contributed by atoms with van der Waals surface area (Å²) in [5.74, 6) is -1.43. The second kappa shape index (κ2) is 5.52. The zero-order valence-corrected chi connectivity index (χ0v) is 10.8. The lowest BCUT2D eigenvalue weighted by molar-refractivity contribution is 0.0697. The van der Waals surface area contributed by atoms with Gasteiger partial charge in [-0.25, -0.2) is 9.18 Å². The van der Waals surface area contributed by atoms with Crippen LogP contribution >= 0.6 is 0 Å². The zero-order chi connectivity index (χ0) is 14.7. The predicted octanol–water partition coefficient (Wildman–Crippen LogP) is 2.98. The maximum absolute atomic E-state index is 12.9. The molecule has 3 N–H and O–H groups in total. The van der Waals surface area contributed by atoms with Gasteiger partial charge in [0.1, 0.15) is 5.82 Å². The van der Waals surface area contributed by atoms with Crippen LogP contribution in [0.3, 0.4) is 0 Å². The largest absolute Gasteiger partial charge is 0.478 e. The summed E-state index contributed by atoms with van der Waals surface area (Å²) in [6, 6.07) is 10.0. The lowest BCUT2D eigenvalue weighted by Crippen LogP contribution is -2.08. The van der Waals surface area contributed by atoms with E-state index >= 15 is 0 Å². The molecule has 0 heterocycles. The molecule has 0 saturated carbocycles. The van der Waals surface area contributed by atoms with Crippen molar-refractivity contribution in [1.29, 1.82) is 5.41 Å². The minimum absolute atomic E-state index is 0.103. The number of rotatable bonds is 4. The maximum Gasteiger partial charge on any atom is 0.335 e. The summed E-state index contributed by atoms with van der Waals surface area (Å²) in [6.07, 6.45) is 0. The van der Waals surface area contributed by atoms with Gasteiger partial charge in [0.05, 0.1) is 11.3 Å². The summed E-state index contributed by atoms with van der Waals surface area (Å²) < 4.78 is 12.9. The summed E-state index contributed by atoms with van der Waals surface area (Å²) in [7, 11) is 1.69. The number of aromatic carboxylic acids is 1. The molecule has 0 saturated heterocycles. The van der Waals surface area contributed by atoms with Crippen LogP contribution in [0, 0.1) is 11.2 Å². The number of halogens is 1. The van der Waals surface area contributed by atoms with Gasteiger partial charge in [0.25, 0.3) is 0 Å². The third kappa shape index (κ3) is 2.66. The fourth-order valence-electron chi connectivity index (χ4n) is 1.87. The van der Waals surface area contributed by atoms with E-state index in [0.29, 0.717) is 16.8 Å². The highest BCUT2D eigenvalue weighted by atomic mass is 19.1. The van der Waals surface area contributed by atoms with E-state index in [1.165, 1.54) is 36.4 Å². The average Bonchev–Trinajstić information content (AvgIpc) is 2.46. The molecule has 20 heavy (non-hydrogen) atoms. The molecule has 0 aliphatic rings. The third-order valence-corrected chi connectivity index (χ3v) is 2.94. The first-order valence-corrected chi connectivity index (χ1v) is 5.93. The summed E-state index contributed by atoms with van der Waals surface area (Å²) in [6.45, 7) is 0. The number of benzene rings is 2. The molecule has 0 bridgehead atoms. The molecular formula is C15H13FN2O2. The summed E-state index contributed by atoms with van der Waals surface area (Å²) in [5, 5.41) is 20.1. The van der Waals surface area contributed by atoms with Crippen LogP contribution in [0.15, 0.2) is 42.5 Å². The first kappa shape index (κ1) is 13.7. The van der Waals surface area contributed by atoms with Crippen molar-refractivity contribution >= 4 is 17.4 Å². The molecule has 0 unspecified atom stereocenters. The monoisotopic (exact) mass is 272 g/mol. The number of hydrogen-bond donors (Lipinski definition) is 3. The van der Waals surface area contributed by atoms with Gasteiger partial charge in [-0.05, 0) is 42.5 Å². The van der Waals surface area contributed by atoms with Gasteiger partial charge < -0.3 is 10.4 Å². The van der Waals surface area contributed by atoms with Crippen LogP contribution in [-0.4, -0.2) is 23.8 Å². The van der Waals surface area contributed by atoms with E-state index in [2.05, 4.69) is 5.32 Å². The first-order chi connectivity index (χ1) is 9.52. The van der Waals surface area contributed by atoms with Gasteiger partial charge in [0, 0.05) is 23.9 Å². The van der Waals surface area contributed by atoms with Crippen molar-refractivity contribution < 1.29 is 14.3 Å². The number of hydrogen-bond acceptors (Lipinski definition) is 3. The molecule has 102 valence electrons. The van der Waals surface area contributed by atoms with Crippen LogP contribution in [0.2, 0.25) is 0 Å². The van der Waals surface area contributed by atoms with Crippen molar-refractivity contribution in [1.82, 2.24) is 0 Å². The molecule has 0 aliphatic carbocycles. The summed E-state index contributed by atoms with van der Waals surface area (Å²) >= 11 is 0. The fourth-order valence-corrected chi connectivity index (χ4v) is 1.87. The average molecular weight is 272 g/mol. The van der Waals surface area contributed by atoms with Crippen molar-refractivity contribution in [2.24, 2.45) is 0 Å². The fraction of sp³-hybridized carbons (Fsp3) is 0.0667. The Bertz CT molecular complexity index is 666. The Hall–Kier alpha value is -2.69. The van der Waals surface area contributed by atoms with Gasteiger partial charge >= 0.3 is 5.97 Å². The van der Waals surface area contributed by atoms with E-state index in [4.69, 9.17) is 10.5 Å². The van der Waals surface area contributed by atoms with Crippen LogP contribution in [0.25, 0.3) is 0 Å². The SMILES string of the molecule is CNc1ccc(C(=O)O)cc1C(=N)c1ccc(F)cc1. The highest BCUT2D eigenvalue weighted by Crippen LogP contribution is 2.21. The molecular weight excluding hydrogens is 259 g/mol. The first-order valence-electron chi connectivity index (χ1n) is 5.93. The van der Waals surface area contributed by atoms with Crippen molar-refractivity contribution in [3.05, 3.63) is 65.0 Å². The highest BCUT2D eigenvalue weighted by Gasteiger charge is 2.13. The van der Waals surface area contributed by atoms with E-state index in [-0.39, 0.29) is 17.1 Å². The van der Waals surface area contributed by atoms with Gasteiger partial charge in [-0.1, -0.05) is 0 Å². The topological polar surface area (TPSA) is 73.2 Å². The van der Waals surface area contributed by atoms with Gasteiger partial charge in [-0.2, -0.15) is 0 Å². The second-order valence-electron chi connectivity index (χ2n) is 4.20. The van der Waals surface area contributed by atoms with Gasteiger partial charge in [0.2, 0.25) is 0 Å². The molecule has 0 aromatic heterocycles. The van der Waals surface area contributed by atoms with Gasteiger partial charge in [-0.3, -0.25) is 5.41 Å². The Morgan fingerprint density at radius 2 is 1.75 bits per heavy atom. The molecule has 2 aromatic carbocycles. The van der Waals surface area contributed by atoms with E-state index in [9.17, 15) is 9.18 Å². The molecule has 4 nitrogen and oxygen atoms in total. The van der Waals surface area contributed by atoms with Crippen LogP contribution in [-0.2, 0) is 0 Å². The molecule has 0 atom stereocenters. The zero-order valence-electron chi connectivity index (χ0n) is 10.8. The number of carbonyl (C=O) groups is 1. The molecule has 0 amide bonds. The Morgan fingerprint density at radius 3 is 2.30 bits per heavy atom. The van der Waals surface area contributed by atoms with Crippen molar-refractivity contribution in [2.45, 2.75) is 0 Å². The molecule has 0 aliphatic heterocycles. The Morgan fingerprint density at radius 1 is 1.15 bits per heavy atom. The number of carboxylic acids is 1. The summed E-state index contributed by atoms with van der Waals surface area (Å²) in [5.41, 5.74) is 1.86. The van der Waals surface area contributed by atoms with E-state index < -0.39 is 5.97 Å². The minimum Gasteiger partial charge on any atom is -0.478 e. The molecule has 0 spiro atoms. The predicted molar refractivity (Wildman–Crippen MR) is 75.3 cm³/mol. The van der Waals surface area contributed by atoms with Gasteiger partial charge in [-0.15, -0.1) is 0 Å². The van der Waals surface area contributed by atoms with E-state index in [0.717, 1.165) is 0 Å². The normalized spacial score (nSPS) is 10.1. The highest BCUT2D eigenvalue weighted by molar-refractivity contribution is 6.14. The molecule has 0 fully saturated rings. The second-order valence-corrected chi connectivity index (χ2v) is 4.20. The minimum atomic E-state index is -1.05. The van der Waals surface area contributed by atoms with Crippen LogP contribution in [0.4, 0.5) is 10.1 Å². The number of anilines is 1.